The number of fused-ring (bicyclic) bond motifs is 27. The van der Waals surface area contributed by atoms with Crippen molar-refractivity contribution < 1.29 is 0 Å². The van der Waals surface area contributed by atoms with Crippen molar-refractivity contribution >= 4 is 68.2 Å². The van der Waals surface area contributed by atoms with Crippen molar-refractivity contribution in [1.82, 2.24) is 0 Å². The van der Waals surface area contributed by atoms with Gasteiger partial charge in [0.2, 0.25) is 0 Å². The molecule has 0 bridgehead atoms. The molecule has 7 aliphatic rings. The van der Waals surface area contributed by atoms with Gasteiger partial charge in [-0.3, -0.25) is 0 Å². The summed E-state index contributed by atoms with van der Waals surface area (Å²) >= 11 is 0. The Morgan fingerprint density at radius 1 is 0.148 bits per heavy atom. The summed E-state index contributed by atoms with van der Waals surface area (Å²) in [6, 6.07) is 177. The number of anilines is 12. The first-order chi connectivity index (χ1) is 66.2. The second-order valence-corrected chi connectivity index (χ2v) is 38.9. The lowest BCUT2D eigenvalue weighted by atomic mass is 9.64. The van der Waals surface area contributed by atoms with Crippen LogP contribution in [0.4, 0.5) is 68.2 Å². The van der Waals surface area contributed by atoms with E-state index in [0.29, 0.717) is 0 Å². The van der Waals surface area contributed by atoms with E-state index in [1.54, 1.807) is 0 Å². The Hall–Kier alpha value is -16.4. The molecule has 0 saturated carbocycles. The number of para-hydroxylation sites is 7. The molecule has 20 aromatic carbocycles. The molecule has 2 heterocycles. The van der Waals surface area contributed by atoms with Gasteiger partial charge < -0.3 is 19.6 Å². The molecule has 2 spiro atoms. The lowest BCUT2D eigenvalue weighted by Crippen LogP contribution is -2.36. The van der Waals surface area contributed by atoms with Gasteiger partial charge >= 0.3 is 0 Å². The molecule has 0 aromatic heterocycles. The molecule has 0 radical (unpaired) electrons. The molecule has 27 rings (SSSR count). The number of hydrogen-bond acceptors (Lipinski definition) is 4. The van der Waals surface area contributed by atoms with E-state index in [0.717, 1.165) is 45.5 Å². The van der Waals surface area contributed by atoms with Crippen molar-refractivity contribution in [3.63, 3.8) is 0 Å². The molecule has 4 nitrogen and oxygen atoms in total. The lowest BCUT2D eigenvalue weighted by molar-refractivity contribution is 0.660. The largest absolute Gasteiger partial charge is 0.310 e. The van der Waals surface area contributed by atoms with Gasteiger partial charge in [-0.15, -0.1) is 0 Å². The maximum atomic E-state index is 2.55. The zero-order valence-corrected chi connectivity index (χ0v) is 76.3. The summed E-state index contributed by atoms with van der Waals surface area (Å²) < 4.78 is 0. The van der Waals surface area contributed by atoms with Crippen molar-refractivity contribution in [2.75, 3.05) is 19.6 Å². The van der Waals surface area contributed by atoms with E-state index in [1.807, 2.05) is 0 Å². The average molecular weight is 1730 g/mol. The monoisotopic (exact) mass is 1720 g/mol. The standard InChI is InChI=1S/C73H54N2.C58H42N2/c1-71(2)61-25-13-11-23-55(61)58-40-36-52(44-66(58)71)74(53-37-41-59-57-39-35-50(43-65(57)72(3,4)67(59)45-53)49-33-31-48(32-34-49)47-19-7-5-8-20-47)54-38-42-60-56-24-12-14-26-62(56)73(68(60)46-54)63-27-15-17-29-69(63)75(51-21-9-6-10-22-51)70-30-18-16-28-64(70)73;1-57(2)52-36-40(39-18-6-3-7-19-39)30-33-46(52)47-34-31-43(37-53(47)57)59(41-20-8-4-9-21-41)44-32-35-48-45-24-12-13-25-49(45)58(54(48)38-44)50-26-14-16-28-55(50)60(42-22-10-5-11-23-42)56-29-17-15-27-51(56)58/h5-46H,1-4H3;3-38H,1-2H3. The van der Waals surface area contributed by atoms with Crippen LogP contribution in [0, 0.1) is 0 Å². The lowest BCUT2D eigenvalue weighted by Gasteiger charge is -2.45. The first-order valence-corrected chi connectivity index (χ1v) is 47.5. The molecule has 640 valence electrons. The van der Waals surface area contributed by atoms with Crippen LogP contribution in [0.5, 0.6) is 0 Å². The molecule has 0 amide bonds. The number of nitrogens with zero attached hydrogens (tertiary/aromatic N) is 4. The van der Waals surface area contributed by atoms with Gasteiger partial charge in [0, 0.05) is 61.7 Å². The first-order valence-electron chi connectivity index (χ1n) is 47.5. The molecule has 0 atom stereocenters. The van der Waals surface area contributed by atoms with E-state index >= 15 is 0 Å². The number of rotatable bonds is 11. The van der Waals surface area contributed by atoms with Gasteiger partial charge in [0.15, 0.2) is 0 Å². The van der Waals surface area contributed by atoms with E-state index in [2.05, 4.69) is 534 Å². The Morgan fingerprint density at radius 2 is 0.363 bits per heavy atom. The van der Waals surface area contributed by atoms with Crippen LogP contribution in [0.15, 0.2) is 473 Å². The van der Waals surface area contributed by atoms with Crippen molar-refractivity contribution in [1.29, 1.82) is 0 Å². The summed E-state index contributed by atoms with van der Waals surface area (Å²) in [5.41, 5.74) is 51.2. The minimum atomic E-state index is -0.589. The van der Waals surface area contributed by atoms with Gasteiger partial charge in [0.1, 0.15) is 0 Å². The highest BCUT2D eigenvalue weighted by Gasteiger charge is 2.55. The highest BCUT2D eigenvalue weighted by Crippen LogP contribution is 2.68. The summed E-state index contributed by atoms with van der Waals surface area (Å²) in [6.45, 7) is 14.4. The van der Waals surface area contributed by atoms with E-state index < -0.39 is 10.8 Å². The molecule has 0 saturated heterocycles. The van der Waals surface area contributed by atoms with Crippen molar-refractivity contribution in [2.24, 2.45) is 0 Å². The van der Waals surface area contributed by atoms with Crippen molar-refractivity contribution in [3.8, 4) is 89.0 Å². The predicted octanol–water partition coefficient (Wildman–Crippen LogP) is 34.5. The normalized spacial score (nSPS) is 14.7. The third kappa shape index (κ3) is 11.8. The molecule has 4 heteroatoms. The Labute approximate surface area is 791 Å². The van der Waals surface area contributed by atoms with E-state index in [-0.39, 0.29) is 16.2 Å². The number of benzene rings is 20. The van der Waals surface area contributed by atoms with Crippen molar-refractivity contribution in [2.45, 2.75) is 68.6 Å². The molecule has 135 heavy (non-hydrogen) atoms. The highest BCUT2D eigenvalue weighted by molar-refractivity contribution is 6.01. The van der Waals surface area contributed by atoms with E-state index in [4.69, 9.17) is 0 Å². The zero-order chi connectivity index (χ0) is 90.2. The van der Waals surface area contributed by atoms with Gasteiger partial charge in [-0.2, -0.15) is 0 Å². The minimum absolute atomic E-state index is 0.168. The Bertz CT molecular complexity index is 8110. The predicted molar refractivity (Wildman–Crippen MR) is 562 cm³/mol. The fraction of sp³-hybridized carbons (Fsp3) is 0.0840. The van der Waals surface area contributed by atoms with E-state index in [9.17, 15) is 0 Å². The fourth-order valence-electron chi connectivity index (χ4n) is 24.7. The molecule has 20 aromatic rings. The second kappa shape index (κ2) is 30.3. The molecule has 0 fully saturated rings. The van der Waals surface area contributed by atoms with Crippen LogP contribution in [-0.4, -0.2) is 0 Å². The Balaban J connectivity index is 0.000000144. The summed E-state index contributed by atoms with van der Waals surface area (Å²) in [7, 11) is 0. The first kappa shape index (κ1) is 79.5. The third-order valence-corrected chi connectivity index (χ3v) is 30.9. The maximum absolute atomic E-state index is 2.55. The Kier molecular flexibility index (Phi) is 17.9. The fourth-order valence-corrected chi connectivity index (χ4v) is 24.7. The van der Waals surface area contributed by atoms with Crippen molar-refractivity contribution in [3.05, 3.63) is 551 Å². The highest BCUT2D eigenvalue weighted by atomic mass is 15.2. The van der Waals surface area contributed by atoms with Gasteiger partial charge in [-0.05, 0) is 300 Å². The molecular weight excluding hydrogens is 1630 g/mol. The number of hydrogen-bond donors (Lipinski definition) is 0. The Morgan fingerprint density at radius 3 is 0.719 bits per heavy atom. The second-order valence-electron chi connectivity index (χ2n) is 38.9. The van der Waals surface area contributed by atoms with Crippen LogP contribution in [-0.2, 0) is 27.1 Å². The third-order valence-electron chi connectivity index (χ3n) is 30.9. The zero-order valence-electron chi connectivity index (χ0n) is 76.3. The van der Waals surface area contributed by atoms with Crippen LogP contribution in [0.1, 0.15) is 119 Å². The summed E-state index contributed by atoms with van der Waals surface area (Å²) in [6.07, 6.45) is 0. The van der Waals surface area contributed by atoms with Crippen LogP contribution >= 0.6 is 0 Å². The smallest absolute Gasteiger partial charge is 0.0755 e. The summed E-state index contributed by atoms with van der Waals surface area (Å²) in [5, 5.41) is 0. The van der Waals surface area contributed by atoms with Gasteiger partial charge in [0.25, 0.3) is 0 Å². The quantitative estimate of drug-likeness (QED) is 0.128. The SMILES string of the molecule is CC1(C)c2cc(-c3ccccc3)ccc2-c2ccc(N(c3ccccc3)c3ccc4c(c3)C3(c5ccccc5-4)c4ccccc4N(c4ccccc4)c4ccccc43)cc21.CC1(C)c2ccccc2-c2ccc(N(c3ccc4c(c3)C(C)(C)c3cc(-c5ccc(-c6ccccc6)cc5)ccc3-4)c3ccc4c(c3)C3(c5ccccc5-4)c4ccccc4N(c4ccccc4)c4ccccc43)cc21. The maximum Gasteiger partial charge on any atom is 0.0755 e. The topological polar surface area (TPSA) is 13.0 Å². The molecule has 0 unspecified atom stereocenters. The molecular formula is C131H96N4. The van der Waals surface area contributed by atoms with Crippen LogP contribution in [0.3, 0.4) is 0 Å². The van der Waals surface area contributed by atoms with Crippen LogP contribution < -0.4 is 19.6 Å². The average Bonchev–Trinajstić information content (AvgIpc) is 1.54. The minimum Gasteiger partial charge on any atom is -0.310 e. The van der Waals surface area contributed by atoms with Gasteiger partial charge in [-0.1, -0.05) is 381 Å². The van der Waals surface area contributed by atoms with Crippen LogP contribution in [0.25, 0.3) is 89.0 Å². The van der Waals surface area contributed by atoms with Gasteiger partial charge in [0.05, 0.1) is 33.6 Å². The van der Waals surface area contributed by atoms with E-state index in [1.165, 1.54) is 190 Å². The van der Waals surface area contributed by atoms with Gasteiger partial charge in [-0.25, -0.2) is 0 Å². The summed E-state index contributed by atoms with van der Waals surface area (Å²) in [5.74, 6) is 0. The summed E-state index contributed by atoms with van der Waals surface area (Å²) in [4.78, 5) is 9.92. The molecule has 2 aliphatic heterocycles. The molecule has 0 N–H and O–H groups in total. The van der Waals surface area contributed by atoms with Crippen LogP contribution in [0.2, 0.25) is 0 Å². The molecule has 5 aliphatic carbocycles.